The Morgan fingerprint density at radius 3 is 2.25 bits per heavy atom. The lowest BCUT2D eigenvalue weighted by Crippen LogP contribution is -2.56. The minimum atomic E-state index is -0.648. The summed E-state index contributed by atoms with van der Waals surface area (Å²) in [6, 6.07) is 7.31. The van der Waals surface area contributed by atoms with E-state index in [9.17, 15) is 14.4 Å². The van der Waals surface area contributed by atoms with Gasteiger partial charge in [0.25, 0.3) is 0 Å². The summed E-state index contributed by atoms with van der Waals surface area (Å²) in [5.41, 5.74) is 9.99. The second-order valence-electron chi connectivity index (χ2n) is 9.73. The largest absolute Gasteiger partial charge is 0.352 e. The molecule has 1 aliphatic heterocycles. The van der Waals surface area contributed by atoms with Crippen LogP contribution in [0.3, 0.4) is 0 Å². The van der Waals surface area contributed by atoms with Gasteiger partial charge in [-0.15, -0.1) is 11.3 Å². The Kier molecular flexibility index (Phi) is 12.6. The number of urea groups is 1. The first-order chi connectivity index (χ1) is 17.0. The van der Waals surface area contributed by atoms with Gasteiger partial charge < -0.3 is 21.3 Å². The van der Waals surface area contributed by atoms with Crippen molar-refractivity contribution in [2.45, 2.75) is 86.4 Å². The standard InChI is InChI=1S/C13H14N2OS.C12H23N3O2.C2H6/c1-9(14-7-16)11-3-5-12(6-4-11)13-10(2)15-8-17-13;1-8-6-5-7-15(8)10(16)9(12(2,3)4)14-11(13)17;1-2/h3-9H,1-2H3,(H,14,16);8-9H,5-7H2,1-4H3,(H3,13,14,17);1-2H3. The van der Waals surface area contributed by atoms with E-state index in [-0.39, 0.29) is 23.4 Å². The number of thiazole rings is 1. The maximum absolute atomic E-state index is 12.4. The number of aryl methyl sites for hydroxylation is 1. The molecule has 0 aliphatic carbocycles. The summed E-state index contributed by atoms with van der Waals surface area (Å²) in [6.07, 6.45) is 2.78. The predicted molar refractivity (Wildman–Crippen MR) is 148 cm³/mol. The SMILES string of the molecule is CC.CC1CCCN1C(=O)C(NC(N)=O)C(C)(C)C.Cc1ncsc1-c1ccc(C(C)NC=O)cc1. The van der Waals surface area contributed by atoms with Crippen LogP contribution in [0.25, 0.3) is 10.4 Å². The fourth-order valence-electron chi connectivity index (χ4n) is 3.92. The Morgan fingerprint density at radius 1 is 1.22 bits per heavy atom. The molecule has 4 N–H and O–H groups in total. The summed E-state index contributed by atoms with van der Waals surface area (Å²) in [5.74, 6) is -0.0266. The second kappa shape index (κ2) is 14.6. The highest BCUT2D eigenvalue weighted by atomic mass is 32.1. The van der Waals surface area contributed by atoms with Crippen molar-refractivity contribution in [3.63, 3.8) is 0 Å². The Labute approximate surface area is 220 Å². The summed E-state index contributed by atoms with van der Waals surface area (Å²) in [5, 5.41) is 5.30. The topological polar surface area (TPSA) is 117 Å². The quantitative estimate of drug-likeness (QED) is 0.466. The zero-order valence-electron chi connectivity index (χ0n) is 22.9. The van der Waals surface area contributed by atoms with Crippen molar-refractivity contribution in [2.75, 3.05) is 6.54 Å². The van der Waals surface area contributed by atoms with E-state index >= 15 is 0 Å². The number of benzene rings is 1. The van der Waals surface area contributed by atoms with Gasteiger partial charge in [0.1, 0.15) is 6.04 Å². The number of amides is 4. The van der Waals surface area contributed by atoms with E-state index in [0.717, 1.165) is 37.1 Å². The van der Waals surface area contributed by atoms with E-state index < -0.39 is 12.1 Å². The second-order valence-corrected chi connectivity index (χ2v) is 10.6. The van der Waals surface area contributed by atoms with Crippen molar-refractivity contribution in [3.8, 4) is 10.4 Å². The maximum atomic E-state index is 12.4. The molecule has 2 aromatic rings. The minimum Gasteiger partial charge on any atom is -0.352 e. The molecule has 3 atom stereocenters. The zero-order valence-corrected chi connectivity index (χ0v) is 23.7. The minimum absolute atomic E-state index is 0.0266. The van der Waals surface area contributed by atoms with E-state index in [4.69, 9.17) is 5.73 Å². The highest BCUT2D eigenvalue weighted by molar-refractivity contribution is 7.13. The van der Waals surface area contributed by atoms with Gasteiger partial charge in [-0.2, -0.15) is 0 Å². The van der Waals surface area contributed by atoms with Gasteiger partial charge >= 0.3 is 6.03 Å². The smallest absolute Gasteiger partial charge is 0.312 e. The van der Waals surface area contributed by atoms with Gasteiger partial charge in [-0.05, 0) is 50.2 Å². The summed E-state index contributed by atoms with van der Waals surface area (Å²) >= 11 is 1.64. The summed E-state index contributed by atoms with van der Waals surface area (Å²) in [4.78, 5) is 41.0. The molecule has 1 fully saturated rings. The van der Waals surface area contributed by atoms with Crippen molar-refractivity contribution < 1.29 is 14.4 Å². The van der Waals surface area contributed by atoms with Gasteiger partial charge in [0.05, 0.1) is 22.1 Å². The highest BCUT2D eigenvalue weighted by Crippen LogP contribution is 2.28. The number of hydrogen-bond acceptors (Lipinski definition) is 5. The van der Waals surface area contributed by atoms with Crippen LogP contribution in [-0.4, -0.2) is 46.9 Å². The van der Waals surface area contributed by atoms with Crippen LogP contribution in [0.1, 0.15) is 78.6 Å². The summed E-state index contributed by atoms with van der Waals surface area (Å²) in [7, 11) is 0. The Balaban J connectivity index is 0.000000337. The molecule has 1 aromatic heterocycles. The van der Waals surface area contributed by atoms with Gasteiger partial charge in [-0.3, -0.25) is 9.59 Å². The Bertz CT molecular complexity index is 969. The predicted octanol–water partition coefficient (Wildman–Crippen LogP) is 5.03. The van der Waals surface area contributed by atoms with Gasteiger partial charge in [-0.25, -0.2) is 9.78 Å². The van der Waals surface area contributed by atoms with Crippen LogP contribution in [-0.2, 0) is 9.59 Å². The zero-order chi connectivity index (χ0) is 27.5. The molecule has 1 aromatic carbocycles. The molecule has 0 spiro atoms. The van der Waals surface area contributed by atoms with Crippen LogP contribution in [0.15, 0.2) is 29.8 Å². The van der Waals surface area contributed by atoms with E-state index in [1.54, 1.807) is 11.3 Å². The lowest BCUT2D eigenvalue weighted by Gasteiger charge is -2.34. The highest BCUT2D eigenvalue weighted by Gasteiger charge is 2.38. The fraction of sp³-hybridized carbons (Fsp3) is 0.556. The maximum Gasteiger partial charge on any atom is 0.312 e. The van der Waals surface area contributed by atoms with Crippen molar-refractivity contribution in [1.29, 1.82) is 0 Å². The molecule has 2 heterocycles. The van der Waals surface area contributed by atoms with Crippen LogP contribution in [0.5, 0.6) is 0 Å². The third-order valence-electron chi connectivity index (χ3n) is 5.97. The third-order valence-corrected chi connectivity index (χ3v) is 6.95. The van der Waals surface area contributed by atoms with Crippen LogP contribution in [0, 0.1) is 12.3 Å². The Hall–Kier alpha value is -2.94. The first kappa shape index (κ1) is 31.1. The van der Waals surface area contributed by atoms with Gasteiger partial charge in [0, 0.05) is 12.6 Å². The van der Waals surface area contributed by atoms with Crippen LogP contribution >= 0.6 is 11.3 Å². The molecule has 4 amide bonds. The van der Waals surface area contributed by atoms with Crippen molar-refractivity contribution in [1.82, 2.24) is 20.5 Å². The van der Waals surface area contributed by atoms with E-state index in [0.29, 0.717) is 0 Å². The molecule has 200 valence electrons. The fourth-order valence-corrected chi connectivity index (χ4v) is 4.73. The monoisotopic (exact) mass is 517 g/mol. The molecule has 36 heavy (non-hydrogen) atoms. The van der Waals surface area contributed by atoms with Crippen molar-refractivity contribution >= 4 is 29.7 Å². The Morgan fingerprint density at radius 2 is 1.83 bits per heavy atom. The van der Waals surface area contributed by atoms with Crippen LogP contribution in [0.4, 0.5) is 4.79 Å². The van der Waals surface area contributed by atoms with Crippen LogP contribution in [0.2, 0.25) is 0 Å². The molecule has 0 bridgehead atoms. The number of nitrogens with one attached hydrogen (secondary N) is 2. The molecule has 8 nitrogen and oxygen atoms in total. The number of aromatic nitrogens is 1. The van der Waals surface area contributed by atoms with E-state index in [1.807, 2.05) is 77.9 Å². The number of hydrogen-bond donors (Lipinski definition) is 3. The molecule has 0 radical (unpaired) electrons. The molecule has 1 saturated heterocycles. The summed E-state index contributed by atoms with van der Waals surface area (Å²) in [6.45, 7) is 16.5. The van der Waals surface area contributed by atoms with Crippen LogP contribution < -0.4 is 16.4 Å². The average Bonchev–Trinajstić information content (AvgIpc) is 3.46. The number of nitrogens with two attached hydrogens (primary N) is 1. The molecule has 9 heteroatoms. The first-order valence-corrected chi connectivity index (χ1v) is 13.4. The third kappa shape index (κ3) is 8.93. The molecular formula is C27H43N5O3S. The summed E-state index contributed by atoms with van der Waals surface area (Å²) < 4.78 is 0. The molecule has 0 saturated carbocycles. The van der Waals surface area contributed by atoms with Gasteiger partial charge in [0.15, 0.2) is 0 Å². The molecule has 3 rings (SSSR count). The number of carbonyl (C=O) groups is 3. The van der Waals surface area contributed by atoms with Gasteiger partial charge in [0.2, 0.25) is 12.3 Å². The van der Waals surface area contributed by atoms with E-state index in [2.05, 4.69) is 27.8 Å². The van der Waals surface area contributed by atoms with Gasteiger partial charge in [-0.1, -0.05) is 58.9 Å². The van der Waals surface area contributed by atoms with E-state index in [1.165, 1.54) is 10.4 Å². The average molecular weight is 518 g/mol. The molecule has 3 unspecified atom stereocenters. The number of carbonyl (C=O) groups excluding carboxylic acids is 3. The lowest BCUT2D eigenvalue weighted by molar-refractivity contribution is -0.136. The molecular weight excluding hydrogens is 474 g/mol. The number of likely N-dealkylation sites (tertiary alicyclic amines) is 1. The first-order valence-electron chi connectivity index (χ1n) is 12.5. The lowest BCUT2D eigenvalue weighted by atomic mass is 9.85. The normalized spacial score (nSPS) is 16.4. The number of rotatable bonds is 6. The van der Waals surface area contributed by atoms with Crippen molar-refractivity contribution in [3.05, 3.63) is 41.0 Å². The number of nitrogens with zero attached hydrogens (tertiary/aromatic N) is 2. The molecule has 1 aliphatic rings. The number of primary amides is 1. The van der Waals surface area contributed by atoms with Crippen molar-refractivity contribution in [2.24, 2.45) is 11.1 Å².